The first kappa shape index (κ1) is 14.6. The number of carbonyl (C=O) groups excluding carboxylic acids is 1. The molecule has 4 fully saturated rings. The Morgan fingerprint density at radius 1 is 1.09 bits per heavy atom. The summed E-state index contributed by atoms with van der Waals surface area (Å²) >= 11 is 0. The molecule has 23 heavy (non-hydrogen) atoms. The largest absolute Gasteiger partial charge is 0.378 e. The molecule has 4 aliphatic rings. The van der Waals surface area contributed by atoms with Crippen LogP contribution in [-0.2, 0) is 4.79 Å². The van der Waals surface area contributed by atoms with E-state index in [1.165, 1.54) is 38.5 Å². The fraction of sp³-hybridized carbons (Fsp3) is 0.579. The van der Waals surface area contributed by atoms with Crippen molar-refractivity contribution in [3.8, 4) is 6.07 Å². The highest BCUT2D eigenvalue weighted by Crippen LogP contribution is 2.56. The topological polar surface area (TPSA) is 64.9 Å². The summed E-state index contributed by atoms with van der Waals surface area (Å²) in [6.45, 7) is 0. The smallest absolute Gasteiger partial charge is 0.238 e. The fourth-order valence-corrected chi connectivity index (χ4v) is 5.52. The molecule has 1 aromatic rings. The molecule has 0 spiro atoms. The summed E-state index contributed by atoms with van der Waals surface area (Å²) in [5, 5.41) is 15.3. The van der Waals surface area contributed by atoms with Crippen molar-refractivity contribution in [1.82, 2.24) is 0 Å². The lowest BCUT2D eigenvalue weighted by Gasteiger charge is -2.57. The molecule has 1 amide bonds. The minimum atomic E-state index is -0.243. The monoisotopic (exact) mass is 309 g/mol. The van der Waals surface area contributed by atoms with Crippen molar-refractivity contribution in [1.29, 1.82) is 5.26 Å². The molecule has 2 N–H and O–H groups in total. The molecule has 120 valence electrons. The molecule has 4 heteroatoms. The van der Waals surface area contributed by atoms with Crippen molar-refractivity contribution in [3.05, 3.63) is 24.3 Å². The van der Waals surface area contributed by atoms with Gasteiger partial charge >= 0.3 is 0 Å². The second-order valence-electron chi connectivity index (χ2n) is 7.75. The molecule has 4 aliphatic carbocycles. The molecule has 4 nitrogen and oxygen atoms in total. The van der Waals surface area contributed by atoms with Crippen LogP contribution in [0, 0.1) is 29.1 Å². The summed E-state index contributed by atoms with van der Waals surface area (Å²) in [7, 11) is 0. The number of carbonyl (C=O) groups is 1. The Labute approximate surface area is 137 Å². The van der Waals surface area contributed by atoms with E-state index < -0.39 is 0 Å². The minimum Gasteiger partial charge on any atom is -0.378 e. The van der Waals surface area contributed by atoms with E-state index in [0.29, 0.717) is 0 Å². The van der Waals surface area contributed by atoms with E-state index in [9.17, 15) is 4.79 Å². The second kappa shape index (κ2) is 5.56. The summed E-state index contributed by atoms with van der Waals surface area (Å²) in [6, 6.07) is 9.78. The molecule has 0 saturated heterocycles. The summed E-state index contributed by atoms with van der Waals surface area (Å²) in [5.41, 5.74) is 2.01. The zero-order valence-corrected chi connectivity index (χ0v) is 13.3. The van der Waals surface area contributed by atoms with E-state index >= 15 is 0 Å². The normalized spacial score (nSPS) is 34.0. The third-order valence-electron chi connectivity index (χ3n) is 5.88. The van der Waals surface area contributed by atoms with Crippen LogP contribution in [0.15, 0.2) is 24.3 Å². The highest BCUT2D eigenvalue weighted by molar-refractivity contribution is 5.95. The lowest BCUT2D eigenvalue weighted by Crippen LogP contribution is -2.54. The van der Waals surface area contributed by atoms with Crippen molar-refractivity contribution in [2.75, 3.05) is 10.6 Å². The van der Waals surface area contributed by atoms with Gasteiger partial charge in [0, 0.05) is 5.54 Å². The maximum atomic E-state index is 11.8. The Bertz CT molecular complexity index is 626. The second-order valence-corrected chi connectivity index (χ2v) is 7.75. The summed E-state index contributed by atoms with van der Waals surface area (Å²) < 4.78 is 0. The number of rotatable bonds is 4. The first-order valence-electron chi connectivity index (χ1n) is 8.70. The highest BCUT2D eigenvalue weighted by Gasteiger charge is 2.51. The van der Waals surface area contributed by atoms with Gasteiger partial charge in [-0.3, -0.25) is 4.79 Å². The number of nitrogens with zero attached hydrogens (tertiary/aromatic N) is 1. The maximum absolute atomic E-state index is 11.8. The number of nitrogens with one attached hydrogen (secondary N) is 2. The van der Waals surface area contributed by atoms with Crippen LogP contribution in [0.1, 0.15) is 44.9 Å². The van der Waals surface area contributed by atoms with Crippen molar-refractivity contribution in [2.45, 2.75) is 50.5 Å². The first-order valence-corrected chi connectivity index (χ1v) is 8.70. The third-order valence-corrected chi connectivity index (χ3v) is 5.88. The number of nitriles is 1. The van der Waals surface area contributed by atoms with Crippen LogP contribution < -0.4 is 10.6 Å². The van der Waals surface area contributed by atoms with E-state index in [1.807, 2.05) is 30.3 Å². The van der Waals surface area contributed by atoms with Gasteiger partial charge < -0.3 is 10.6 Å². The zero-order valence-electron chi connectivity index (χ0n) is 13.3. The predicted octanol–water partition coefficient (Wildman–Crippen LogP) is 3.92. The SMILES string of the molecule is N#CCC(=O)Nc1ccccc1NC12CC3CC(CC(C3)C1)C2. The Hall–Kier alpha value is -2.02. The van der Waals surface area contributed by atoms with Crippen LogP contribution in [0.5, 0.6) is 0 Å². The van der Waals surface area contributed by atoms with E-state index in [4.69, 9.17) is 5.26 Å². The predicted molar refractivity (Wildman–Crippen MR) is 89.8 cm³/mol. The summed E-state index contributed by atoms with van der Waals surface area (Å²) in [6.07, 6.45) is 7.94. The molecule has 0 heterocycles. The van der Waals surface area contributed by atoms with Crippen LogP contribution in [0.3, 0.4) is 0 Å². The van der Waals surface area contributed by atoms with Crippen molar-refractivity contribution >= 4 is 17.3 Å². The van der Waals surface area contributed by atoms with E-state index in [0.717, 1.165) is 29.1 Å². The molecular formula is C19H23N3O. The van der Waals surface area contributed by atoms with Gasteiger partial charge in [0.05, 0.1) is 17.4 Å². The highest BCUT2D eigenvalue weighted by atomic mass is 16.1. The third kappa shape index (κ3) is 2.81. The van der Waals surface area contributed by atoms with E-state index in [-0.39, 0.29) is 17.9 Å². The summed E-state index contributed by atoms with van der Waals surface area (Å²) in [4.78, 5) is 11.8. The molecule has 0 aromatic heterocycles. The van der Waals surface area contributed by atoms with Crippen LogP contribution in [0.25, 0.3) is 0 Å². The van der Waals surface area contributed by atoms with Gasteiger partial charge in [0.1, 0.15) is 6.42 Å². The standard InChI is InChI=1S/C19H23N3O/c20-6-5-18(23)21-16-3-1-2-4-17(16)22-19-10-13-7-14(11-19)9-15(8-13)12-19/h1-4,13-15,22H,5,7-12H2,(H,21,23). The Morgan fingerprint density at radius 2 is 1.65 bits per heavy atom. The first-order chi connectivity index (χ1) is 11.2. The molecule has 0 atom stereocenters. The van der Waals surface area contributed by atoms with Crippen molar-refractivity contribution < 1.29 is 4.79 Å². The average Bonchev–Trinajstić information content (AvgIpc) is 2.48. The van der Waals surface area contributed by atoms with Crippen LogP contribution >= 0.6 is 0 Å². The van der Waals surface area contributed by atoms with Gasteiger partial charge in [0.15, 0.2) is 0 Å². The quantitative estimate of drug-likeness (QED) is 0.886. The maximum Gasteiger partial charge on any atom is 0.238 e. The van der Waals surface area contributed by atoms with Gasteiger partial charge in [0.25, 0.3) is 0 Å². The van der Waals surface area contributed by atoms with Crippen LogP contribution in [-0.4, -0.2) is 11.4 Å². The van der Waals surface area contributed by atoms with Gasteiger partial charge in [-0.15, -0.1) is 0 Å². The van der Waals surface area contributed by atoms with E-state index in [2.05, 4.69) is 10.6 Å². The molecule has 0 radical (unpaired) electrons. The minimum absolute atomic E-state index is 0.105. The van der Waals surface area contributed by atoms with Gasteiger partial charge in [0.2, 0.25) is 5.91 Å². The fourth-order valence-electron chi connectivity index (χ4n) is 5.52. The lowest BCUT2D eigenvalue weighted by atomic mass is 9.53. The average molecular weight is 309 g/mol. The number of anilines is 2. The number of hydrogen-bond acceptors (Lipinski definition) is 3. The molecule has 5 rings (SSSR count). The Balaban J connectivity index is 1.55. The number of para-hydroxylation sites is 2. The van der Waals surface area contributed by atoms with E-state index in [1.54, 1.807) is 0 Å². The molecule has 4 saturated carbocycles. The van der Waals surface area contributed by atoms with Gasteiger partial charge in [-0.05, 0) is 68.4 Å². The molecule has 4 bridgehead atoms. The molecule has 0 unspecified atom stereocenters. The van der Waals surface area contributed by atoms with Gasteiger partial charge in [-0.25, -0.2) is 0 Å². The van der Waals surface area contributed by atoms with Crippen molar-refractivity contribution in [2.24, 2.45) is 17.8 Å². The van der Waals surface area contributed by atoms with Crippen LogP contribution in [0.4, 0.5) is 11.4 Å². The summed E-state index contributed by atoms with van der Waals surface area (Å²) in [5.74, 6) is 2.41. The number of hydrogen-bond donors (Lipinski definition) is 2. The Morgan fingerprint density at radius 3 is 2.22 bits per heavy atom. The zero-order chi connectivity index (χ0) is 15.9. The number of benzene rings is 1. The molecular weight excluding hydrogens is 286 g/mol. The molecule has 1 aromatic carbocycles. The Kier molecular flexibility index (Phi) is 3.52. The number of amides is 1. The molecule has 0 aliphatic heterocycles. The lowest BCUT2D eigenvalue weighted by molar-refractivity contribution is -0.115. The van der Waals surface area contributed by atoms with Gasteiger partial charge in [-0.2, -0.15) is 5.26 Å². The van der Waals surface area contributed by atoms with Gasteiger partial charge in [-0.1, -0.05) is 12.1 Å². The van der Waals surface area contributed by atoms with Crippen LogP contribution in [0.2, 0.25) is 0 Å². The van der Waals surface area contributed by atoms with Crippen molar-refractivity contribution in [3.63, 3.8) is 0 Å².